The number of hydrogen-bond acceptors (Lipinski definition) is 3. The highest BCUT2D eigenvalue weighted by atomic mass is 32.1. The van der Waals surface area contributed by atoms with Gasteiger partial charge in [0.2, 0.25) is 0 Å². The van der Waals surface area contributed by atoms with Gasteiger partial charge in [-0.2, -0.15) is 0 Å². The van der Waals surface area contributed by atoms with Gasteiger partial charge in [0, 0.05) is 17.0 Å². The highest BCUT2D eigenvalue weighted by Crippen LogP contribution is 2.40. The molecule has 0 radical (unpaired) electrons. The Morgan fingerprint density at radius 2 is 1.89 bits per heavy atom. The summed E-state index contributed by atoms with van der Waals surface area (Å²) in [4.78, 5) is 21.6. The zero-order valence-electron chi connectivity index (χ0n) is 16.1. The van der Waals surface area contributed by atoms with Crippen molar-refractivity contribution in [1.82, 2.24) is 10.3 Å². The van der Waals surface area contributed by atoms with Crippen LogP contribution in [0.25, 0.3) is 0 Å². The zero-order valence-corrected chi connectivity index (χ0v) is 16.9. The molecule has 2 aliphatic rings. The van der Waals surface area contributed by atoms with Crippen LogP contribution in [0.2, 0.25) is 0 Å². The Bertz CT molecular complexity index is 833. The molecule has 5 heteroatoms. The molecule has 1 N–H and O–H groups in total. The van der Waals surface area contributed by atoms with Gasteiger partial charge in [-0.15, -0.1) is 11.3 Å². The van der Waals surface area contributed by atoms with E-state index in [0.717, 1.165) is 22.7 Å². The van der Waals surface area contributed by atoms with E-state index in [1.54, 1.807) is 11.3 Å². The largest absolute Gasteiger partial charge is 0.341 e. The molecule has 4 nitrogen and oxygen atoms in total. The number of nitrogens with one attached hydrogen (secondary N) is 1. The molecule has 1 aromatic carbocycles. The molecule has 27 heavy (non-hydrogen) atoms. The second kappa shape index (κ2) is 7.93. The molecule has 1 aliphatic carbocycles. The predicted molar refractivity (Wildman–Crippen MR) is 111 cm³/mol. The Labute approximate surface area is 165 Å². The topological polar surface area (TPSA) is 54.4 Å². The molecule has 4 rings (SSSR count). The van der Waals surface area contributed by atoms with Crippen LogP contribution in [0.15, 0.2) is 34.6 Å². The molecule has 2 amide bonds. The first kappa shape index (κ1) is 18.4. The lowest BCUT2D eigenvalue weighted by molar-refractivity contribution is 0.242. The summed E-state index contributed by atoms with van der Waals surface area (Å²) in [6, 6.07) is 8.09. The van der Waals surface area contributed by atoms with Crippen molar-refractivity contribution < 1.29 is 4.79 Å². The monoisotopic (exact) mass is 381 g/mol. The molecule has 142 valence electrons. The van der Waals surface area contributed by atoms with Crippen LogP contribution in [0.5, 0.6) is 0 Å². The van der Waals surface area contributed by atoms with Gasteiger partial charge in [-0.3, -0.25) is 0 Å². The van der Waals surface area contributed by atoms with Crippen LogP contribution in [0.1, 0.15) is 85.2 Å². The highest BCUT2D eigenvalue weighted by molar-refractivity contribution is 7.09. The van der Waals surface area contributed by atoms with E-state index in [1.165, 1.54) is 43.4 Å². The molecule has 1 fully saturated rings. The average molecular weight is 382 g/mol. The van der Waals surface area contributed by atoms with Crippen LogP contribution in [-0.2, 0) is 0 Å². The van der Waals surface area contributed by atoms with Gasteiger partial charge in [-0.1, -0.05) is 56.0 Å². The standard InChI is InChI=1S/C22H27N3OS/c1-3-17-19(21-23-18(13-27-21)15-7-5-4-6-8-15)20(25-22(26)24-17)16-11-9-14(2)10-12-16/h9-13,15,19-20H,3-8H2,1-2H3,(H,25,26). The number of nitrogens with zero attached hydrogens (tertiary/aromatic N) is 2. The van der Waals surface area contributed by atoms with Gasteiger partial charge in [0.25, 0.3) is 0 Å². The molecule has 1 saturated carbocycles. The zero-order chi connectivity index (χ0) is 18.8. The number of benzene rings is 1. The molecule has 0 saturated heterocycles. The summed E-state index contributed by atoms with van der Waals surface area (Å²) >= 11 is 1.73. The lowest BCUT2D eigenvalue weighted by atomic mass is 9.86. The lowest BCUT2D eigenvalue weighted by Gasteiger charge is -2.31. The molecule has 2 aromatic rings. The number of aliphatic imine (C=N–C) groups is 1. The van der Waals surface area contributed by atoms with E-state index in [9.17, 15) is 4.79 Å². The molecule has 0 bridgehead atoms. The first-order valence-corrected chi connectivity index (χ1v) is 10.9. The van der Waals surface area contributed by atoms with E-state index in [0.29, 0.717) is 5.92 Å². The van der Waals surface area contributed by atoms with Crippen molar-refractivity contribution in [2.75, 3.05) is 0 Å². The van der Waals surface area contributed by atoms with Crippen LogP contribution >= 0.6 is 11.3 Å². The molecular weight excluding hydrogens is 354 g/mol. The van der Waals surface area contributed by atoms with Gasteiger partial charge >= 0.3 is 6.03 Å². The first-order chi connectivity index (χ1) is 13.2. The van der Waals surface area contributed by atoms with Gasteiger partial charge in [0.1, 0.15) is 5.01 Å². The fraction of sp³-hybridized carbons (Fsp3) is 0.500. The van der Waals surface area contributed by atoms with Crippen molar-refractivity contribution in [3.05, 3.63) is 51.5 Å². The number of urea groups is 1. The van der Waals surface area contributed by atoms with Gasteiger partial charge in [0.05, 0.1) is 17.7 Å². The fourth-order valence-corrected chi connectivity index (χ4v) is 5.37. The molecule has 0 spiro atoms. The van der Waals surface area contributed by atoms with E-state index in [-0.39, 0.29) is 18.0 Å². The van der Waals surface area contributed by atoms with E-state index in [1.807, 2.05) is 0 Å². The van der Waals surface area contributed by atoms with Crippen LogP contribution in [0, 0.1) is 6.92 Å². The van der Waals surface area contributed by atoms with E-state index >= 15 is 0 Å². The lowest BCUT2D eigenvalue weighted by Crippen LogP contribution is -2.39. The summed E-state index contributed by atoms with van der Waals surface area (Å²) in [6.07, 6.45) is 7.24. The number of rotatable bonds is 4. The van der Waals surface area contributed by atoms with Gasteiger partial charge < -0.3 is 5.32 Å². The smallest absolute Gasteiger partial charge is 0.328 e. The molecule has 2 atom stereocenters. The number of carbonyl (C=O) groups excluding carboxylic acids is 1. The minimum Gasteiger partial charge on any atom is -0.328 e. The fourth-order valence-electron chi connectivity index (χ4n) is 4.30. The number of aryl methyl sites for hydroxylation is 1. The summed E-state index contributed by atoms with van der Waals surface area (Å²) in [6.45, 7) is 4.16. The van der Waals surface area contributed by atoms with Crippen LogP contribution < -0.4 is 5.32 Å². The minimum atomic E-state index is -0.238. The Balaban J connectivity index is 1.69. The summed E-state index contributed by atoms with van der Waals surface area (Å²) < 4.78 is 0. The van der Waals surface area contributed by atoms with Gasteiger partial charge in [-0.05, 0) is 31.7 Å². The van der Waals surface area contributed by atoms with Crippen LogP contribution in [-0.4, -0.2) is 16.7 Å². The third-order valence-electron chi connectivity index (χ3n) is 5.84. The number of thiazole rings is 1. The van der Waals surface area contributed by atoms with Crippen molar-refractivity contribution in [2.24, 2.45) is 4.99 Å². The molecule has 2 heterocycles. The Hall–Kier alpha value is -2.01. The van der Waals surface area contributed by atoms with Gasteiger partial charge in [-0.25, -0.2) is 14.8 Å². The second-order valence-corrected chi connectivity index (χ2v) is 8.61. The highest BCUT2D eigenvalue weighted by Gasteiger charge is 2.36. The van der Waals surface area contributed by atoms with Crippen molar-refractivity contribution in [2.45, 2.75) is 70.3 Å². The summed E-state index contributed by atoms with van der Waals surface area (Å²) in [7, 11) is 0. The predicted octanol–water partition coefficient (Wildman–Crippen LogP) is 5.90. The Morgan fingerprint density at radius 1 is 1.15 bits per heavy atom. The maximum Gasteiger partial charge on any atom is 0.341 e. The van der Waals surface area contributed by atoms with Gasteiger partial charge in [0.15, 0.2) is 0 Å². The minimum absolute atomic E-state index is 0.0257. The third-order valence-corrected chi connectivity index (χ3v) is 6.79. The van der Waals surface area contributed by atoms with E-state index < -0.39 is 0 Å². The molecule has 2 unspecified atom stereocenters. The second-order valence-electron chi connectivity index (χ2n) is 7.72. The maximum atomic E-state index is 12.2. The molecular formula is C22H27N3OS. The van der Waals surface area contributed by atoms with Crippen molar-refractivity contribution in [3.63, 3.8) is 0 Å². The number of amides is 2. The maximum absolute atomic E-state index is 12.2. The van der Waals surface area contributed by atoms with Crippen LogP contribution in [0.3, 0.4) is 0 Å². The average Bonchev–Trinajstić information content (AvgIpc) is 3.18. The summed E-state index contributed by atoms with van der Waals surface area (Å²) in [5, 5.41) is 6.42. The first-order valence-electron chi connectivity index (χ1n) is 10.1. The molecule has 1 aromatic heterocycles. The molecule has 1 aliphatic heterocycles. The van der Waals surface area contributed by atoms with Crippen LogP contribution in [0.4, 0.5) is 4.79 Å². The van der Waals surface area contributed by atoms with Crippen molar-refractivity contribution >= 4 is 23.1 Å². The quantitative estimate of drug-likeness (QED) is 0.717. The third kappa shape index (κ3) is 3.84. The van der Waals surface area contributed by atoms with Crippen molar-refractivity contribution in [1.29, 1.82) is 0 Å². The summed E-state index contributed by atoms with van der Waals surface area (Å²) in [5.41, 5.74) is 4.52. The Kier molecular flexibility index (Phi) is 5.39. The normalized spacial score (nSPS) is 23.8. The number of hydrogen-bond donors (Lipinski definition) is 1. The number of aromatic nitrogens is 1. The summed E-state index contributed by atoms with van der Waals surface area (Å²) in [5.74, 6) is 0.625. The SMILES string of the molecule is CCC1=NC(=O)NC(c2ccc(C)cc2)C1c1nc(C2CCCCC2)cs1. The Morgan fingerprint density at radius 3 is 2.59 bits per heavy atom. The van der Waals surface area contributed by atoms with Crippen molar-refractivity contribution in [3.8, 4) is 0 Å². The van der Waals surface area contributed by atoms with E-state index in [2.05, 4.69) is 53.8 Å². The van der Waals surface area contributed by atoms with E-state index in [4.69, 9.17) is 4.98 Å². The number of carbonyl (C=O) groups is 1.